The van der Waals surface area contributed by atoms with Gasteiger partial charge in [-0.3, -0.25) is 0 Å². The number of carbonyl (C=O) groups is 1. The molecule has 196 valence electrons. The van der Waals surface area contributed by atoms with E-state index in [0.717, 1.165) is 33.2 Å². The van der Waals surface area contributed by atoms with E-state index in [4.69, 9.17) is 21.6 Å². The van der Waals surface area contributed by atoms with E-state index in [0.29, 0.717) is 18.7 Å². The van der Waals surface area contributed by atoms with Crippen molar-refractivity contribution in [1.82, 2.24) is 23.5 Å². The van der Waals surface area contributed by atoms with Crippen molar-refractivity contribution < 1.29 is 17.9 Å². The second-order valence-corrected chi connectivity index (χ2v) is 10.2. The number of benzene rings is 1. The molecule has 0 unspecified atom stereocenters. The molecule has 1 aromatic heterocycles. The average Bonchev–Trinajstić information content (AvgIpc) is 3.13. The van der Waals surface area contributed by atoms with Crippen LogP contribution in [-0.4, -0.2) is 80.6 Å². The van der Waals surface area contributed by atoms with Crippen LogP contribution in [0.25, 0.3) is 11.3 Å². The number of ether oxygens (including phenoxy) is 1. The van der Waals surface area contributed by atoms with Crippen molar-refractivity contribution in [3.63, 3.8) is 0 Å². The standard InChI is InChI=1S/C13H13ClN4O2S.C9H20N2O2.ClH/c1-9-4-6-10(7-5-9)12-13(14)16-11(8-15)18(12)21(19,20)17(2)3;1-4-8-13-9(12)10-6-5-7-11(2)3;/h4-7H,1-3H3;4-8H2,1-3H3,(H,10,12);1H. The zero-order valence-corrected chi connectivity index (χ0v) is 23.3. The Balaban J connectivity index is 0.000000720. The van der Waals surface area contributed by atoms with E-state index >= 15 is 0 Å². The molecule has 1 N–H and O–H groups in total. The number of hydrogen-bond acceptors (Lipinski definition) is 7. The van der Waals surface area contributed by atoms with Crippen LogP contribution < -0.4 is 5.32 Å². The number of aromatic nitrogens is 2. The first kappa shape index (κ1) is 32.6. The van der Waals surface area contributed by atoms with Crippen molar-refractivity contribution in [2.75, 3.05) is 47.9 Å². The van der Waals surface area contributed by atoms with Crippen molar-refractivity contribution in [3.8, 4) is 17.3 Å². The van der Waals surface area contributed by atoms with Gasteiger partial charge in [-0.05, 0) is 40.4 Å². The van der Waals surface area contributed by atoms with E-state index in [9.17, 15) is 13.2 Å². The van der Waals surface area contributed by atoms with Gasteiger partial charge in [0.15, 0.2) is 5.15 Å². The molecule has 2 rings (SSSR count). The van der Waals surface area contributed by atoms with E-state index in [1.54, 1.807) is 18.2 Å². The van der Waals surface area contributed by atoms with Gasteiger partial charge in [-0.2, -0.15) is 22.0 Å². The maximum absolute atomic E-state index is 12.4. The number of carbonyl (C=O) groups excluding carboxylic acids is 1. The Hall–Kier alpha value is -2.36. The van der Waals surface area contributed by atoms with Crippen LogP contribution in [-0.2, 0) is 14.9 Å². The highest BCUT2D eigenvalue weighted by atomic mass is 35.5. The molecule has 0 aliphatic rings. The van der Waals surface area contributed by atoms with Gasteiger partial charge in [-0.15, -0.1) is 12.4 Å². The third kappa shape index (κ3) is 10.0. The SMILES string of the molecule is CCCOC(=O)NCCCN(C)C.Cc1ccc(-c2c(Cl)nc(C#N)n2S(=O)(=O)N(C)C)cc1.Cl. The molecule has 0 aliphatic heterocycles. The van der Waals surface area contributed by atoms with Crippen LogP contribution in [0.15, 0.2) is 24.3 Å². The quantitative estimate of drug-likeness (QED) is 0.475. The highest BCUT2D eigenvalue weighted by Gasteiger charge is 2.28. The summed E-state index contributed by atoms with van der Waals surface area (Å²) in [6.07, 6.45) is 1.51. The zero-order valence-electron chi connectivity index (χ0n) is 20.9. The molecule has 0 atom stereocenters. The third-order valence-corrected chi connectivity index (χ3v) is 6.40. The van der Waals surface area contributed by atoms with Gasteiger partial charge in [-0.25, -0.2) is 9.78 Å². The Kier molecular flexibility index (Phi) is 14.5. The fraction of sp³-hybridized carbons (Fsp3) is 0.500. The molecule has 0 radical (unpaired) electrons. The van der Waals surface area contributed by atoms with E-state index in [2.05, 4.69) is 15.2 Å². The molecule has 0 fully saturated rings. The summed E-state index contributed by atoms with van der Waals surface area (Å²) in [6.45, 7) is 6.05. The lowest BCUT2D eigenvalue weighted by molar-refractivity contribution is 0.146. The van der Waals surface area contributed by atoms with Gasteiger partial charge < -0.3 is 15.0 Å². The summed E-state index contributed by atoms with van der Waals surface area (Å²) in [7, 11) is 2.87. The second-order valence-electron chi connectivity index (χ2n) is 7.83. The van der Waals surface area contributed by atoms with E-state index < -0.39 is 10.2 Å². The van der Waals surface area contributed by atoms with Crippen LogP contribution in [0, 0.1) is 18.3 Å². The van der Waals surface area contributed by atoms with Crippen LogP contribution in [0.4, 0.5) is 4.79 Å². The summed E-state index contributed by atoms with van der Waals surface area (Å²) >= 11 is 6.05. The molecule has 1 aromatic carbocycles. The average molecular weight is 550 g/mol. The molecular formula is C22H34Cl2N6O4S. The molecule has 0 bridgehead atoms. The van der Waals surface area contributed by atoms with E-state index in [-0.39, 0.29) is 35.2 Å². The number of rotatable bonds is 9. The predicted octanol–water partition coefficient (Wildman–Crippen LogP) is 3.53. The maximum atomic E-state index is 12.4. The summed E-state index contributed by atoms with van der Waals surface area (Å²) in [5, 5.41) is 11.8. The maximum Gasteiger partial charge on any atom is 0.407 e. The number of nitriles is 1. The van der Waals surface area contributed by atoms with Gasteiger partial charge in [0, 0.05) is 26.2 Å². The van der Waals surface area contributed by atoms with Crippen LogP contribution in [0.2, 0.25) is 5.15 Å². The minimum absolute atomic E-state index is 0. The minimum atomic E-state index is -3.91. The van der Waals surface area contributed by atoms with Crippen molar-refractivity contribution in [1.29, 1.82) is 5.26 Å². The molecule has 35 heavy (non-hydrogen) atoms. The highest BCUT2D eigenvalue weighted by molar-refractivity contribution is 7.87. The fourth-order valence-corrected chi connectivity index (χ4v) is 3.99. The smallest absolute Gasteiger partial charge is 0.407 e. The molecule has 2 aromatic rings. The van der Waals surface area contributed by atoms with E-state index in [1.165, 1.54) is 14.1 Å². The van der Waals surface area contributed by atoms with Gasteiger partial charge in [0.05, 0.1) is 6.61 Å². The Labute approximate surface area is 219 Å². The molecule has 0 aliphatic carbocycles. The lowest BCUT2D eigenvalue weighted by Gasteiger charge is -2.15. The first-order valence-corrected chi connectivity index (χ1v) is 12.5. The molecule has 13 heteroatoms. The number of nitrogens with one attached hydrogen (secondary N) is 1. The topological polar surface area (TPSA) is 121 Å². The van der Waals surface area contributed by atoms with Crippen LogP contribution in [0.3, 0.4) is 0 Å². The number of alkyl carbamates (subject to hydrolysis) is 1. The number of aryl methyl sites for hydroxylation is 1. The van der Waals surface area contributed by atoms with Gasteiger partial charge in [0.25, 0.3) is 0 Å². The summed E-state index contributed by atoms with van der Waals surface area (Å²) in [5.74, 6) is -0.274. The molecule has 1 heterocycles. The van der Waals surface area contributed by atoms with Crippen molar-refractivity contribution >= 4 is 40.3 Å². The number of hydrogen-bond donors (Lipinski definition) is 1. The zero-order chi connectivity index (χ0) is 25.9. The fourth-order valence-electron chi connectivity index (χ4n) is 2.62. The highest BCUT2D eigenvalue weighted by Crippen LogP contribution is 2.31. The molecular weight excluding hydrogens is 515 g/mol. The number of halogens is 2. The normalized spacial score (nSPS) is 10.7. The molecule has 0 spiro atoms. The van der Waals surface area contributed by atoms with Crippen molar-refractivity contribution in [2.45, 2.75) is 26.7 Å². The Morgan fingerprint density at radius 1 is 1.23 bits per heavy atom. The van der Waals surface area contributed by atoms with Crippen LogP contribution >= 0.6 is 24.0 Å². The lowest BCUT2D eigenvalue weighted by atomic mass is 10.1. The van der Waals surface area contributed by atoms with E-state index in [1.807, 2.05) is 40.1 Å². The molecule has 1 amide bonds. The molecule has 0 saturated heterocycles. The Morgan fingerprint density at radius 2 is 1.83 bits per heavy atom. The lowest BCUT2D eigenvalue weighted by Crippen LogP contribution is -2.30. The molecule has 0 saturated carbocycles. The van der Waals surface area contributed by atoms with Crippen LogP contribution in [0.1, 0.15) is 31.2 Å². The molecule has 10 nitrogen and oxygen atoms in total. The van der Waals surface area contributed by atoms with Crippen molar-refractivity contribution in [3.05, 3.63) is 40.8 Å². The first-order chi connectivity index (χ1) is 15.9. The Morgan fingerprint density at radius 3 is 2.31 bits per heavy atom. The summed E-state index contributed by atoms with van der Waals surface area (Å²) in [5.41, 5.74) is 1.78. The predicted molar refractivity (Wildman–Crippen MR) is 140 cm³/mol. The number of amides is 1. The summed E-state index contributed by atoms with van der Waals surface area (Å²) < 4.78 is 31.5. The number of nitrogens with zero attached hydrogens (tertiary/aromatic N) is 5. The van der Waals surface area contributed by atoms with Crippen LogP contribution in [0.5, 0.6) is 0 Å². The monoisotopic (exact) mass is 548 g/mol. The van der Waals surface area contributed by atoms with Crippen molar-refractivity contribution in [2.24, 2.45) is 0 Å². The third-order valence-electron chi connectivity index (χ3n) is 4.40. The van der Waals surface area contributed by atoms with Gasteiger partial charge in [0.1, 0.15) is 11.8 Å². The number of imidazole rings is 1. The van der Waals surface area contributed by atoms with Gasteiger partial charge in [-0.1, -0.05) is 48.4 Å². The largest absolute Gasteiger partial charge is 0.450 e. The van der Waals surface area contributed by atoms with Gasteiger partial charge >= 0.3 is 16.3 Å². The second kappa shape index (κ2) is 15.6. The Bertz CT molecular complexity index is 1080. The summed E-state index contributed by atoms with van der Waals surface area (Å²) in [4.78, 5) is 16.8. The van der Waals surface area contributed by atoms with Gasteiger partial charge in [0.2, 0.25) is 5.82 Å². The summed E-state index contributed by atoms with van der Waals surface area (Å²) in [6, 6.07) is 8.90. The minimum Gasteiger partial charge on any atom is -0.450 e. The first-order valence-electron chi connectivity index (χ1n) is 10.7.